The van der Waals surface area contributed by atoms with Gasteiger partial charge in [0.25, 0.3) is 0 Å². The van der Waals surface area contributed by atoms with Crippen LogP contribution in [0.15, 0.2) is 22.9 Å². The van der Waals surface area contributed by atoms with Crippen LogP contribution < -0.4 is 5.32 Å². The summed E-state index contributed by atoms with van der Waals surface area (Å²) in [4.78, 5) is 4.30. The van der Waals surface area contributed by atoms with Gasteiger partial charge in [-0.25, -0.2) is 0 Å². The molecule has 0 spiro atoms. The maximum Gasteiger partial charge on any atom is 0.0410 e. The average Bonchev–Trinajstić information content (AvgIpc) is 2.73. The third-order valence-corrected chi connectivity index (χ3v) is 4.95. The van der Waals surface area contributed by atoms with Gasteiger partial charge in [0.05, 0.1) is 0 Å². The third-order valence-electron chi connectivity index (χ3n) is 4.52. The maximum atomic E-state index is 4.30. The van der Waals surface area contributed by atoms with Gasteiger partial charge < -0.3 is 5.32 Å². The van der Waals surface area contributed by atoms with Gasteiger partial charge in [-0.2, -0.15) is 0 Å². The van der Waals surface area contributed by atoms with Gasteiger partial charge in [-0.05, 0) is 59.3 Å². The van der Waals surface area contributed by atoms with Crippen LogP contribution >= 0.6 is 15.9 Å². The average molecular weight is 353 g/mol. The predicted molar refractivity (Wildman–Crippen MR) is 93.5 cm³/mol. The van der Waals surface area contributed by atoms with Gasteiger partial charge in [-0.3, -0.25) is 4.98 Å². The van der Waals surface area contributed by atoms with E-state index in [1.165, 1.54) is 56.9 Å². The first-order chi connectivity index (χ1) is 10.3. The van der Waals surface area contributed by atoms with Gasteiger partial charge in [0, 0.05) is 22.9 Å². The Hall–Kier alpha value is -0.410. The van der Waals surface area contributed by atoms with Gasteiger partial charge in [-0.15, -0.1) is 0 Å². The second-order valence-corrected chi connectivity index (χ2v) is 7.38. The number of rotatable bonds is 7. The van der Waals surface area contributed by atoms with Crippen molar-refractivity contribution in [1.29, 1.82) is 0 Å². The fourth-order valence-electron chi connectivity index (χ4n) is 3.44. The molecule has 1 N–H and O–H groups in total. The molecule has 1 saturated carbocycles. The van der Waals surface area contributed by atoms with Gasteiger partial charge in [-0.1, -0.05) is 45.4 Å². The number of nitrogens with one attached hydrogen (secondary N) is 1. The Morgan fingerprint density at radius 2 is 2.00 bits per heavy atom. The van der Waals surface area contributed by atoms with Gasteiger partial charge in [0.15, 0.2) is 0 Å². The van der Waals surface area contributed by atoms with Gasteiger partial charge >= 0.3 is 0 Å². The molecule has 0 bridgehead atoms. The van der Waals surface area contributed by atoms with E-state index in [-0.39, 0.29) is 0 Å². The van der Waals surface area contributed by atoms with E-state index >= 15 is 0 Å². The molecule has 21 heavy (non-hydrogen) atoms. The van der Waals surface area contributed by atoms with Crippen molar-refractivity contribution in [3.8, 4) is 0 Å². The quantitative estimate of drug-likeness (QED) is 0.689. The van der Waals surface area contributed by atoms with E-state index < -0.39 is 0 Å². The van der Waals surface area contributed by atoms with Crippen molar-refractivity contribution in [3.05, 3.63) is 28.5 Å². The Bertz CT molecular complexity index is 400. The summed E-state index contributed by atoms with van der Waals surface area (Å²) < 4.78 is 1.09. The second kappa shape index (κ2) is 9.58. The summed E-state index contributed by atoms with van der Waals surface area (Å²) in [5.41, 5.74) is 1.34. The molecule has 0 aliphatic heterocycles. The SMILES string of the molecule is CCCNC(Cc1cncc(Br)c1)CC1CCCCCC1. The zero-order chi connectivity index (χ0) is 14.9. The van der Waals surface area contributed by atoms with Crippen LogP contribution in [0.2, 0.25) is 0 Å². The Labute approximate surface area is 138 Å². The highest BCUT2D eigenvalue weighted by Gasteiger charge is 2.18. The third kappa shape index (κ3) is 6.48. The van der Waals surface area contributed by atoms with Crippen molar-refractivity contribution in [2.75, 3.05) is 6.54 Å². The zero-order valence-electron chi connectivity index (χ0n) is 13.3. The number of aromatic nitrogens is 1. The molecule has 0 aromatic carbocycles. The Morgan fingerprint density at radius 3 is 2.67 bits per heavy atom. The first-order valence-electron chi connectivity index (χ1n) is 8.60. The summed E-state index contributed by atoms with van der Waals surface area (Å²) >= 11 is 3.53. The van der Waals surface area contributed by atoms with Gasteiger partial charge in [0.1, 0.15) is 0 Å². The highest BCUT2D eigenvalue weighted by molar-refractivity contribution is 9.10. The zero-order valence-corrected chi connectivity index (χ0v) is 14.9. The van der Waals surface area contributed by atoms with Crippen molar-refractivity contribution in [1.82, 2.24) is 10.3 Å². The number of hydrogen-bond acceptors (Lipinski definition) is 2. The van der Waals surface area contributed by atoms with E-state index in [1.807, 2.05) is 12.4 Å². The fourth-order valence-corrected chi connectivity index (χ4v) is 3.85. The van der Waals surface area contributed by atoms with E-state index in [4.69, 9.17) is 0 Å². The molecule has 0 radical (unpaired) electrons. The summed E-state index contributed by atoms with van der Waals surface area (Å²) in [6.07, 6.45) is 16.1. The molecule has 1 atom stereocenters. The van der Waals surface area contributed by atoms with Crippen molar-refractivity contribution in [2.45, 2.75) is 70.8 Å². The van der Waals surface area contributed by atoms with E-state index in [0.717, 1.165) is 23.4 Å². The fraction of sp³-hybridized carbons (Fsp3) is 0.722. The summed E-state index contributed by atoms with van der Waals surface area (Å²) in [5, 5.41) is 3.76. The standard InChI is InChI=1S/C18H29BrN2/c1-2-9-21-18(11-15-7-5-3-4-6-8-15)12-16-10-17(19)14-20-13-16/h10,13-15,18,21H,2-9,11-12H2,1H3. The first-order valence-corrected chi connectivity index (χ1v) is 9.40. The minimum atomic E-state index is 0.601. The molecule has 1 heterocycles. The highest BCUT2D eigenvalue weighted by atomic mass is 79.9. The van der Waals surface area contributed by atoms with Crippen LogP contribution in [0.5, 0.6) is 0 Å². The number of nitrogens with zero attached hydrogens (tertiary/aromatic N) is 1. The summed E-state index contributed by atoms with van der Waals surface area (Å²) in [7, 11) is 0. The number of pyridine rings is 1. The molecule has 1 unspecified atom stereocenters. The van der Waals surface area contributed by atoms with E-state index in [9.17, 15) is 0 Å². The predicted octanol–water partition coefficient (Wildman–Crippen LogP) is 5.12. The molecule has 2 rings (SSSR count). The minimum absolute atomic E-state index is 0.601. The molecule has 2 nitrogen and oxygen atoms in total. The lowest BCUT2D eigenvalue weighted by molar-refractivity contribution is 0.349. The highest BCUT2D eigenvalue weighted by Crippen LogP contribution is 2.27. The maximum absolute atomic E-state index is 4.30. The van der Waals surface area contributed by atoms with Crippen LogP contribution in [0.4, 0.5) is 0 Å². The van der Waals surface area contributed by atoms with Crippen molar-refractivity contribution in [2.24, 2.45) is 5.92 Å². The largest absolute Gasteiger partial charge is 0.314 e. The smallest absolute Gasteiger partial charge is 0.0410 e. The van der Waals surface area contributed by atoms with Gasteiger partial charge in [0.2, 0.25) is 0 Å². The first kappa shape index (κ1) is 17.0. The van der Waals surface area contributed by atoms with Crippen LogP contribution in [-0.2, 0) is 6.42 Å². The van der Waals surface area contributed by atoms with E-state index in [1.54, 1.807) is 0 Å². The lowest BCUT2D eigenvalue weighted by Crippen LogP contribution is -2.33. The van der Waals surface area contributed by atoms with E-state index in [2.05, 4.69) is 39.2 Å². The molecule has 0 amide bonds. The monoisotopic (exact) mass is 352 g/mol. The molecule has 1 aliphatic rings. The Morgan fingerprint density at radius 1 is 1.24 bits per heavy atom. The number of hydrogen-bond donors (Lipinski definition) is 1. The molecule has 1 fully saturated rings. The molecule has 1 aromatic rings. The second-order valence-electron chi connectivity index (χ2n) is 6.46. The van der Waals surface area contributed by atoms with Crippen LogP contribution in [0, 0.1) is 5.92 Å². The molecule has 1 aliphatic carbocycles. The normalized spacial score (nSPS) is 18.4. The Balaban J connectivity index is 1.92. The Kier molecular flexibility index (Phi) is 7.73. The topological polar surface area (TPSA) is 24.9 Å². The van der Waals surface area contributed by atoms with Crippen LogP contribution in [0.3, 0.4) is 0 Å². The van der Waals surface area contributed by atoms with Crippen molar-refractivity contribution >= 4 is 15.9 Å². The van der Waals surface area contributed by atoms with Crippen LogP contribution in [0.25, 0.3) is 0 Å². The van der Waals surface area contributed by atoms with Crippen molar-refractivity contribution in [3.63, 3.8) is 0 Å². The summed E-state index contributed by atoms with van der Waals surface area (Å²) in [5.74, 6) is 0.918. The molecule has 3 heteroatoms. The molecule has 0 saturated heterocycles. The lowest BCUT2D eigenvalue weighted by atomic mass is 9.90. The summed E-state index contributed by atoms with van der Waals surface area (Å²) in [6, 6.07) is 2.81. The molecule has 1 aromatic heterocycles. The minimum Gasteiger partial charge on any atom is -0.314 e. The van der Waals surface area contributed by atoms with Crippen LogP contribution in [0.1, 0.15) is 63.9 Å². The van der Waals surface area contributed by atoms with Crippen LogP contribution in [-0.4, -0.2) is 17.6 Å². The lowest BCUT2D eigenvalue weighted by Gasteiger charge is -2.24. The number of halogens is 1. The molecular formula is C18H29BrN2. The summed E-state index contributed by atoms with van der Waals surface area (Å²) in [6.45, 7) is 3.37. The molecular weight excluding hydrogens is 324 g/mol. The molecule has 118 valence electrons. The van der Waals surface area contributed by atoms with Crippen molar-refractivity contribution < 1.29 is 0 Å². The van der Waals surface area contributed by atoms with E-state index in [0.29, 0.717) is 6.04 Å².